The summed E-state index contributed by atoms with van der Waals surface area (Å²) in [6.45, 7) is 3.97. The Morgan fingerprint density at radius 2 is 2.19 bits per heavy atom. The maximum absolute atomic E-state index is 6.15. The highest BCUT2D eigenvalue weighted by molar-refractivity contribution is 7.10. The van der Waals surface area contributed by atoms with E-state index in [-0.39, 0.29) is 6.04 Å². The second-order valence-corrected chi connectivity index (χ2v) is 5.14. The molecule has 0 aliphatic rings. The van der Waals surface area contributed by atoms with Crippen molar-refractivity contribution < 1.29 is 0 Å². The Bertz CT molecular complexity index is 505. The van der Waals surface area contributed by atoms with Crippen LogP contribution in [0.15, 0.2) is 23.6 Å². The molecular weight excluding hydrogens is 240 g/mol. The summed E-state index contributed by atoms with van der Waals surface area (Å²) in [7, 11) is 0. The molecule has 0 radical (unpaired) electrons. The van der Waals surface area contributed by atoms with Gasteiger partial charge in [0.05, 0.1) is 16.8 Å². The normalized spacial score (nSPS) is 12.8. The van der Waals surface area contributed by atoms with E-state index >= 15 is 0 Å². The van der Waals surface area contributed by atoms with Crippen molar-refractivity contribution >= 4 is 22.9 Å². The predicted molar refractivity (Wildman–Crippen MR) is 69.9 cm³/mol. The van der Waals surface area contributed by atoms with E-state index in [0.29, 0.717) is 0 Å². The molecule has 0 spiro atoms. The topological polar surface area (TPSA) is 38.9 Å². The molecule has 0 bridgehead atoms. The number of benzene rings is 1. The number of hydrogen-bond acceptors (Lipinski definition) is 3. The number of halogens is 1. The molecule has 0 fully saturated rings. The van der Waals surface area contributed by atoms with Gasteiger partial charge in [-0.1, -0.05) is 23.2 Å². The zero-order valence-corrected chi connectivity index (χ0v) is 10.8. The summed E-state index contributed by atoms with van der Waals surface area (Å²) >= 11 is 7.73. The first-order valence-electron chi connectivity index (χ1n) is 5.05. The van der Waals surface area contributed by atoms with Gasteiger partial charge >= 0.3 is 0 Å². The van der Waals surface area contributed by atoms with Gasteiger partial charge in [-0.25, -0.2) is 4.98 Å². The lowest BCUT2D eigenvalue weighted by Gasteiger charge is -2.02. The summed E-state index contributed by atoms with van der Waals surface area (Å²) in [6, 6.07) is 5.91. The quantitative estimate of drug-likeness (QED) is 0.883. The first-order chi connectivity index (χ1) is 7.58. The Morgan fingerprint density at radius 3 is 2.81 bits per heavy atom. The molecule has 1 aromatic heterocycles. The van der Waals surface area contributed by atoms with Crippen molar-refractivity contribution in [3.63, 3.8) is 0 Å². The number of nitrogens with two attached hydrogens (primary N) is 1. The molecule has 2 rings (SSSR count). The second-order valence-electron chi connectivity index (χ2n) is 3.84. The third-order valence-corrected chi connectivity index (χ3v) is 3.68. The van der Waals surface area contributed by atoms with Gasteiger partial charge in [0.25, 0.3) is 0 Å². The molecule has 16 heavy (non-hydrogen) atoms. The van der Waals surface area contributed by atoms with E-state index < -0.39 is 0 Å². The highest BCUT2D eigenvalue weighted by atomic mass is 35.5. The standard InChI is InChI=1S/C12H13ClN2S/c1-7-3-4-10(13)9(5-7)11-6-16-12(15-11)8(2)14/h3-6,8H,14H2,1-2H3. The molecule has 1 aromatic carbocycles. The number of aryl methyl sites for hydroxylation is 1. The van der Waals surface area contributed by atoms with E-state index in [4.69, 9.17) is 17.3 Å². The summed E-state index contributed by atoms with van der Waals surface area (Å²) in [6.07, 6.45) is 0. The molecule has 1 unspecified atom stereocenters. The molecule has 0 aliphatic carbocycles. The van der Waals surface area contributed by atoms with Gasteiger partial charge in [0.15, 0.2) is 0 Å². The Balaban J connectivity index is 2.46. The lowest BCUT2D eigenvalue weighted by atomic mass is 10.1. The lowest BCUT2D eigenvalue weighted by Crippen LogP contribution is -2.03. The van der Waals surface area contributed by atoms with Crippen LogP contribution in [0.1, 0.15) is 23.5 Å². The Hall–Kier alpha value is -0.900. The molecule has 2 aromatic rings. The zero-order chi connectivity index (χ0) is 11.7. The van der Waals surface area contributed by atoms with Crippen molar-refractivity contribution in [3.05, 3.63) is 39.2 Å². The minimum absolute atomic E-state index is 0.0256. The molecule has 84 valence electrons. The van der Waals surface area contributed by atoms with Crippen molar-refractivity contribution in [1.29, 1.82) is 0 Å². The van der Waals surface area contributed by atoms with Crippen LogP contribution in [0.2, 0.25) is 5.02 Å². The summed E-state index contributed by atoms with van der Waals surface area (Å²) in [5.41, 5.74) is 8.85. The molecule has 0 saturated carbocycles. The molecular formula is C12H13ClN2S. The van der Waals surface area contributed by atoms with E-state index in [0.717, 1.165) is 21.3 Å². The van der Waals surface area contributed by atoms with Gasteiger partial charge in [-0.2, -0.15) is 0 Å². The molecule has 0 amide bonds. The van der Waals surface area contributed by atoms with Gasteiger partial charge in [0, 0.05) is 10.9 Å². The molecule has 0 saturated heterocycles. The highest BCUT2D eigenvalue weighted by Gasteiger charge is 2.10. The third-order valence-electron chi connectivity index (χ3n) is 2.31. The van der Waals surface area contributed by atoms with Gasteiger partial charge in [0.2, 0.25) is 0 Å². The van der Waals surface area contributed by atoms with Crippen LogP contribution < -0.4 is 5.73 Å². The van der Waals surface area contributed by atoms with Crippen LogP contribution in [0.5, 0.6) is 0 Å². The van der Waals surface area contributed by atoms with Crippen LogP contribution in [-0.2, 0) is 0 Å². The van der Waals surface area contributed by atoms with Gasteiger partial charge in [-0.15, -0.1) is 11.3 Å². The van der Waals surface area contributed by atoms with Crippen LogP contribution >= 0.6 is 22.9 Å². The summed E-state index contributed by atoms with van der Waals surface area (Å²) in [5.74, 6) is 0. The smallest absolute Gasteiger partial charge is 0.110 e. The predicted octanol–water partition coefficient (Wildman–Crippen LogP) is 3.79. The van der Waals surface area contributed by atoms with E-state index in [2.05, 4.69) is 4.98 Å². The first-order valence-corrected chi connectivity index (χ1v) is 6.31. The third kappa shape index (κ3) is 2.26. The molecule has 4 heteroatoms. The molecule has 1 atom stereocenters. The van der Waals surface area contributed by atoms with Crippen LogP contribution in [0, 0.1) is 6.92 Å². The van der Waals surface area contributed by atoms with Gasteiger partial charge < -0.3 is 5.73 Å². The van der Waals surface area contributed by atoms with E-state index in [1.54, 1.807) is 11.3 Å². The van der Waals surface area contributed by atoms with Crippen LogP contribution in [0.4, 0.5) is 0 Å². The molecule has 2 nitrogen and oxygen atoms in total. The number of aromatic nitrogens is 1. The summed E-state index contributed by atoms with van der Waals surface area (Å²) in [4.78, 5) is 4.49. The van der Waals surface area contributed by atoms with E-state index in [1.165, 1.54) is 5.56 Å². The first kappa shape index (κ1) is 11.6. The number of thiazole rings is 1. The van der Waals surface area contributed by atoms with Crippen LogP contribution in [0.25, 0.3) is 11.3 Å². The van der Waals surface area contributed by atoms with Crippen molar-refractivity contribution in [1.82, 2.24) is 4.98 Å². The largest absolute Gasteiger partial charge is 0.322 e. The van der Waals surface area contributed by atoms with Crippen LogP contribution in [-0.4, -0.2) is 4.98 Å². The van der Waals surface area contributed by atoms with Gasteiger partial charge in [-0.3, -0.25) is 0 Å². The fourth-order valence-corrected chi connectivity index (χ4v) is 2.45. The molecule has 2 N–H and O–H groups in total. The molecule has 1 heterocycles. The summed E-state index contributed by atoms with van der Waals surface area (Å²) in [5, 5.41) is 3.67. The Labute approximate surface area is 104 Å². The second kappa shape index (κ2) is 4.53. The average molecular weight is 253 g/mol. The fraction of sp³-hybridized carbons (Fsp3) is 0.250. The number of nitrogens with zero attached hydrogens (tertiary/aromatic N) is 1. The molecule has 0 aliphatic heterocycles. The Kier molecular flexibility index (Phi) is 3.28. The van der Waals surface area contributed by atoms with Crippen molar-refractivity contribution in [2.24, 2.45) is 5.73 Å². The number of rotatable bonds is 2. The monoisotopic (exact) mass is 252 g/mol. The fourth-order valence-electron chi connectivity index (χ4n) is 1.46. The maximum Gasteiger partial charge on any atom is 0.110 e. The average Bonchev–Trinajstić information content (AvgIpc) is 2.70. The maximum atomic E-state index is 6.15. The Morgan fingerprint density at radius 1 is 1.44 bits per heavy atom. The van der Waals surface area contributed by atoms with Crippen molar-refractivity contribution in [3.8, 4) is 11.3 Å². The van der Waals surface area contributed by atoms with E-state index in [9.17, 15) is 0 Å². The summed E-state index contributed by atoms with van der Waals surface area (Å²) < 4.78 is 0. The minimum atomic E-state index is -0.0256. The SMILES string of the molecule is Cc1ccc(Cl)c(-c2csc(C(C)N)n2)c1. The lowest BCUT2D eigenvalue weighted by molar-refractivity contribution is 0.808. The zero-order valence-electron chi connectivity index (χ0n) is 9.20. The van der Waals surface area contributed by atoms with Crippen molar-refractivity contribution in [2.45, 2.75) is 19.9 Å². The van der Waals surface area contributed by atoms with Gasteiger partial charge in [-0.05, 0) is 26.0 Å². The highest BCUT2D eigenvalue weighted by Crippen LogP contribution is 2.30. The van der Waals surface area contributed by atoms with E-state index in [1.807, 2.05) is 37.4 Å². The van der Waals surface area contributed by atoms with Gasteiger partial charge in [0.1, 0.15) is 5.01 Å². The minimum Gasteiger partial charge on any atom is -0.322 e. The van der Waals surface area contributed by atoms with Crippen molar-refractivity contribution in [2.75, 3.05) is 0 Å². The number of hydrogen-bond donors (Lipinski definition) is 1. The van der Waals surface area contributed by atoms with Crippen LogP contribution in [0.3, 0.4) is 0 Å².